The topological polar surface area (TPSA) is 45.7 Å². The van der Waals surface area contributed by atoms with E-state index in [-0.39, 0.29) is 11.7 Å². The van der Waals surface area contributed by atoms with Gasteiger partial charge in [-0.1, -0.05) is 53.8 Å². The number of rotatable bonds is 5. The molecule has 0 spiro atoms. The number of ether oxygens (including phenoxy) is 1. The minimum absolute atomic E-state index is 0.102. The van der Waals surface area contributed by atoms with Gasteiger partial charge < -0.3 is 9.64 Å². The zero-order valence-electron chi connectivity index (χ0n) is 17.8. The number of benzene rings is 3. The Bertz CT molecular complexity index is 1260. The van der Waals surface area contributed by atoms with Crippen LogP contribution in [-0.4, -0.2) is 43.0 Å². The summed E-state index contributed by atoms with van der Waals surface area (Å²) in [4.78, 5) is 22.3. The minimum atomic E-state index is -0.532. The Morgan fingerprint density at radius 2 is 1.62 bits per heavy atom. The van der Waals surface area contributed by atoms with E-state index in [0.717, 1.165) is 15.8 Å². The van der Waals surface area contributed by atoms with E-state index in [0.29, 0.717) is 35.2 Å². The predicted molar refractivity (Wildman–Crippen MR) is 125 cm³/mol. The molecule has 162 valence electrons. The van der Waals surface area contributed by atoms with Gasteiger partial charge in [-0.3, -0.25) is 9.69 Å². The molecule has 2 heterocycles. The molecule has 0 unspecified atom stereocenters. The third kappa shape index (κ3) is 3.63. The largest absolute Gasteiger partial charge is 0.457 e. The summed E-state index contributed by atoms with van der Waals surface area (Å²) in [6, 6.07) is 20.1. The van der Waals surface area contributed by atoms with E-state index in [1.807, 2.05) is 73.6 Å². The van der Waals surface area contributed by atoms with Gasteiger partial charge in [-0.25, -0.2) is 9.37 Å². The number of likely N-dealkylation sites (N-methyl/N-ethyl adjacent to an activating group) is 1. The van der Waals surface area contributed by atoms with Crippen LogP contribution >= 0.6 is 11.3 Å². The van der Waals surface area contributed by atoms with Crippen LogP contribution in [0.2, 0.25) is 0 Å². The average Bonchev–Trinajstić information content (AvgIpc) is 3.22. The second-order valence-corrected chi connectivity index (χ2v) is 9.00. The van der Waals surface area contributed by atoms with Crippen LogP contribution in [0.5, 0.6) is 11.5 Å². The number of fused-ring (bicyclic) bond motifs is 3. The summed E-state index contributed by atoms with van der Waals surface area (Å²) in [5.41, 5.74) is 1.93. The first-order valence-corrected chi connectivity index (χ1v) is 11.2. The molecule has 4 aromatic rings. The highest BCUT2D eigenvalue weighted by molar-refractivity contribution is 7.22. The summed E-state index contributed by atoms with van der Waals surface area (Å²) in [6.45, 7) is 1.09. The maximum atomic E-state index is 14.3. The molecule has 0 radical (unpaired) electrons. The summed E-state index contributed by atoms with van der Waals surface area (Å²) in [5.74, 6) is 0.330. The number of amides is 1. The van der Waals surface area contributed by atoms with Crippen LogP contribution in [0.25, 0.3) is 10.2 Å². The maximum Gasteiger partial charge on any atom is 0.241 e. The Hall–Kier alpha value is -3.29. The Labute approximate surface area is 189 Å². The SMILES string of the molecule is CN(C)CCN(C(=O)C1c2ccccc2Oc2ccccc21)c1nc2c(F)cccc2s1. The van der Waals surface area contributed by atoms with Gasteiger partial charge >= 0.3 is 0 Å². The van der Waals surface area contributed by atoms with E-state index in [4.69, 9.17) is 4.74 Å². The first-order valence-electron chi connectivity index (χ1n) is 10.4. The lowest BCUT2D eigenvalue weighted by Gasteiger charge is -2.31. The summed E-state index contributed by atoms with van der Waals surface area (Å²) < 4.78 is 21.1. The number of nitrogens with zero attached hydrogens (tertiary/aromatic N) is 3. The molecule has 0 aliphatic carbocycles. The molecular weight excluding hydrogens is 425 g/mol. The molecule has 0 atom stereocenters. The van der Waals surface area contributed by atoms with E-state index in [9.17, 15) is 9.18 Å². The van der Waals surface area contributed by atoms with Crippen LogP contribution in [0.4, 0.5) is 9.52 Å². The fourth-order valence-corrected chi connectivity index (χ4v) is 4.96. The second kappa shape index (κ2) is 8.33. The number of halogens is 1. The number of carbonyl (C=O) groups is 1. The number of aromatic nitrogens is 1. The second-order valence-electron chi connectivity index (χ2n) is 7.99. The van der Waals surface area contributed by atoms with Gasteiger partial charge in [0, 0.05) is 24.2 Å². The fourth-order valence-electron chi connectivity index (χ4n) is 3.95. The fraction of sp³-hybridized carbons (Fsp3) is 0.200. The zero-order valence-corrected chi connectivity index (χ0v) is 18.6. The molecular formula is C25H22FN3O2S. The molecule has 1 aliphatic heterocycles. The molecule has 0 saturated carbocycles. The zero-order chi connectivity index (χ0) is 22.2. The number of para-hydroxylation sites is 3. The first kappa shape index (κ1) is 20.6. The summed E-state index contributed by atoms with van der Waals surface area (Å²) in [5, 5.41) is 0.499. The Morgan fingerprint density at radius 3 is 2.25 bits per heavy atom. The molecule has 32 heavy (non-hydrogen) atoms. The molecule has 5 nitrogen and oxygen atoms in total. The maximum absolute atomic E-state index is 14.3. The summed E-state index contributed by atoms with van der Waals surface area (Å²) in [7, 11) is 3.92. The predicted octanol–water partition coefficient (Wildman–Crippen LogP) is 5.27. The third-order valence-electron chi connectivity index (χ3n) is 5.55. The molecule has 5 rings (SSSR count). The normalized spacial score (nSPS) is 13.0. The molecule has 0 fully saturated rings. The number of hydrogen-bond donors (Lipinski definition) is 0. The highest BCUT2D eigenvalue weighted by atomic mass is 32.1. The molecule has 0 bridgehead atoms. The van der Waals surface area contributed by atoms with Gasteiger partial charge in [0.15, 0.2) is 5.13 Å². The molecule has 1 aromatic heterocycles. The molecule has 7 heteroatoms. The van der Waals surface area contributed by atoms with Crippen molar-refractivity contribution in [3.05, 3.63) is 83.7 Å². The molecule has 0 N–H and O–H groups in total. The third-order valence-corrected chi connectivity index (χ3v) is 6.60. The van der Waals surface area contributed by atoms with Crippen molar-refractivity contribution in [1.82, 2.24) is 9.88 Å². The van der Waals surface area contributed by atoms with Crippen LogP contribution in [0.3, 0.4) is 0 Å². The van der Waals surface area contributed by atoms with E-state index >= 15 is 0 Å². The van der Waals surface area contributed by atoms with Gasteiger partial charge in [-0.05, 0) is 38.4 Å². The van der Waals surface area contributed by atoms with Crippen molar-refractivity contribution in [2.75, 3.05) is 32.1 Å². The van der Waals surface area contributed by atoms with Crippen molar-refractivity contribution in [1.29, 1.82) is 0 Å². The monoisotopic (exact) mass is 447 g/mol. The number of thiazole rings is 1. The number of hydrogen-bond acceptors (Lipinski definition) is 5. The Morgan fingerprint density at radius 1 is 0.969 bits per heavy atom. The van der Waals surface area contributed by atoms with Gasteiger partial charge in [-0.15, -0.1) is 0 Å². The number of anilines is 1. The van der Waals surface area contributed by atoms with Crippen molar-refractivity contribution in [3.8, 4) is 11.5 Å². The Kier molecular flexibility index (Phi) is 5.36. The summed E-state index contributed by atoms with van der Waals surface area (Å²) >= 11 is 1.33. The van der Waals surface area contributed by atoms with E-state index in [2.05, 4.69) is 4.98 Å². The standard InChI is InChI=1S/C25H22FN3O2S/c1-28(2)14-15-29(25-27-23-18(26)10-7-13-21(23)32-25)24(30)22-16-8-3-5-11-19(16)31-20-12-6-4-9-17(20)22/h3-13,22H,14-15H2,1-2H3. The van der Waals surface area contributed by atoms with Crippen molar-refractivity contribution in [3.63, 3.8) is 0 Å². The van der Waals surface area contributed by atoms with Crippen LogP contribution in [0.15, 0.2) is 66.7 Å². The number of carbonyl (C=O) groups excluding carboxylic acids is 1. The van der Waals surface area contributed by atoms with Crippen molar-refractivity contribution in [2.45, 2.75) is 5.92 Å². The van der Waals surface area contributed by atoms with Gasteiger partial charge in [0.2, 0.25) is 5.91 Å². The Balaban J connectivity index is 1.62. The van der Waals surface area contributed by atoms with Crippen molar-refractivity contribution < 1.29 is 13.9 Å². The highest BCUT2D eigenvalue weighted by Gasteiger charge is 2.36. The van der Waals surface area contributed by atoms with Gasteiger partial charge in [-0.2, -0.15) is 0 Å². The summed E-state index contributed by atoms with van der Waals surface area (Å²) in [6.07, 6.45) is 0. The molecule has 1 aliphatic rings. The van der Waals surface area contributed by atoms with Crippen LogP contribution in [0, 0.1) is 5.82 Å². The van der Waals surface area contributed by atoms with E-state index < -0.39 is 5.92 Å². The lowest BCUT2D eigenvalue weighted by Crippen LogP contribution is -2.40. The highest BCUT2D eigenvalue weighted by Crippen LogP contribution is 2.45. The molecule has 1 amide bonds. The molecule has 0 saturated heterocycles. The molecule has 3 aromatic carbocycles. The van der Waals surface area contributed by atoms with Gasteiger partial charge in [0.1, 0.15) is 22.8 Å². The smallest absolute Gasteiger partial charge is 0.241 e. The van der Waals surface area contributed by atoms with Crippen molar-refractivity contribution >= 4 is 32.6 Å². The quantitative estimate of drug-likeness (QED) is 0.418. The van der Waals surface area contributed by atoms with Crippen LogP contribution in [0.1, 0.15) is 17.0 Å². The van der Waals surface area contributed by atoms with Gasteiger partial charge in [0.25, 0.3) is 0 Å². The first-order chi connectivity index (χ1) is 15.5. The lowest BCUT2D eigenvalue weighted by molar-refractivity contribution is -0.119. The van der Waals surface area contributed by atoms with Gasteiger partial charge in [0.05, 0.1) is 10.6 Å². The minimum Gasteiger partial charge on any atom is -0.457 e. The van der Waals surface area contributed by atoms with Crippen molar-refractivity contribution in [2.24, 2.45) is 0 Å². The lowest BCUT2D eigenvalue weighted by atomic mass is 9.87. The van der Waals surface area contributed by atoms with E-state index in [1.54, 1.807) is 11.0 Å². The van der Waals surface area contributed by atoms with E-state index in [1.165, 1.54) is 17.4 Å². The van der Waals surface area contributed by atoms with Crippen LogP contribution in [-0.2, 0) is 4.79 Å². The average molecular weight is 448 g/mol. The van der Waals surface area contributed by atoms with Crippen LogP contribution < -0.4 is 9.64 Å².